The molecule has 0 amide bonds. The lowest BCUT2D eigenvalue weighted by atomic mass is 10.2. The molecule has 0 bridgehead atoms. The van der Waals surface area contributed by atoms with Gasteiger partial charge in [0.1, 0.15) is 11.5 Å². The minimum absolute atomic E-state index is 0.171. The Labute approximate surface area is 94.5 Å². The van der Waals surface area contributed by atoms with Gasteiger partial charge in [0.15, 0.2) is 0 Å². The summed E-state index contributed by atoms with van der Waals surface area (Å²) in [4.78, 5) is 19.9. The quantitative estimate of drug-likeness (QED) is 0.814. The average molecular weight is 223 g/mol. The topological polar surface area (TPSA) is 69.2 Å². The fourth-order valence-electron chi connectivity index (χ4n) is 2.06. The zero-order valence-electron chi connectivity index (χ0n) is 9.28. The summed E-state index contributed by atoms with van der Waals surface area (Å²) < 4.78 is 0. The van der Waals surface area contributed by atoms with Crippen LogP contribution < -0.4 is 0 Å². The minimum atomic E-state index is -0.949. The summed E-state index contributed by atoms with van der Waals surface area (Å²) in [7, 11) is 0. The summed E-state index contributed by atoms with van der Waals surface area (Å²) >= 11 is 0. The number of carbonyl (C=O) groups is 1. The number of carboxylic acid groups (broad SMARTS) is 1. The first-order chi connectivity index (χ1) is 7.75. The Morgan fingerprint density at radius 2 is 2.06 bits per heavy atom. The first kappa shape index (κ1) is 11.1. The maximum Gasteiger partial charge on any atom is 0.353 e. The second kappa shape index (κ2) is 5.12. The Morgan fingerprint density at radius 3 is 2.62 bits per heavy atom. The first-order valence-corrected chi connectivity index (χ1v) is 5.75. The average Bonchev–Trinajstić information content (AvgIpc) is 2.56. The van der Waals surface area contributed by atoms with Gasteiger partial charge in [0.2, 0.25) is 0 Å². The highest BCUT2D eigenvalue weighted by atomic mass is 16.4. The molecule has 0 unspecified atom stereocenters. The second-order valence-corrected chi connectivity index (χ2v) is 4.24. The molecule has 1 aliphatic rings. The number of nitrogens with one attached hydrogen (secondary N) is 1. The van der Waals surface area contributed by atoms with Crippen LogP contribution in [0.25, 0.3) is 0 Å². The summed E-state index contributed by atoms with van der Waals surface area (Å²) in [5.41, 5.74) is 0.171. The molecule has 0 aromatic carbocycles. The van der Waals surface area contributed by atoms with Crippen molar-refractivity contribution in [2.45, 2.75) is 32.2 Å². The standard InChI is InChI=1S/C11H17N3O2/c15-11(16)9-7-12-10(13-9)8-14-5-3-1-2-4-6-14/h7H,1-6,8H2,(H,12,13)(H,15,16). The Morgan fingerprint density at radius 1 is 1.38 bits per heavy atom. The molecule has 5 nitrogen and oxygen atoms in total. The van der Waals surface area contributed by atoms with Crippen molar-refractivity contribution in [1.82, 2.24) is 14.9 Å². The van der Waals surface area contributed by atoms with E-state index in [9.17, 15) is 4.79 Å². The number of H-pyrrole nitrogens is 1. The highest BCUT2D eigenvalue weighted by Gasteiger charge is 2.12. The Kier molecular flexibility index (Phi) is 3.56. The maximum atomic E-state index is 10.7. The van der Waals surface area contributed by atoms with Crippen LogP contribution >= 0.6 is 0 Å². The van der Waals surface area contributed by atoms with Gasteiger partial charge in [0.05, 0.1) is 12.7 Å². The van der Waals surface area contributed by atoms with E-state index in [1.807, 2.05) is 0 Å². The van der Waals surface area contributed by atoms with E-state index in [0.717, 1.165) is 25.5 Å². The number of hydrogen-bond acceptors (Lipinski definition) is 3. The van der Waals surface area contributed by atoms with Crippen LogP contribution in [0.15, 0.2) is 6.20 Å². The zero-order valence-corrected chi connectivity index (χ0v) is 9.28. The molecule has 0 spiro atoms. The third kappa shape index (κ3) is 2.82. The fourth-order valence-corrected chi connectivity index (χ4v) is 2.06. The number of nitrogens with zero attached hydrogens (tertiary/aromatic N) is 2. The lowest BCUT2D eigenvalue weighted by molar-refractivity contribution is 0.0691. The molecule has 5 heteroatoms. The summed E-state index contributed by atoms with van der Waals surface area (Å²) in [5, 5.41) is 8.76. The van der Waals surface area contributed by atoms with Crippen molar-refractivity contribution in [3.8, 4) is 0 Å². The molecule has 0 atom stereocenters. The van der Waals surface area contributed by atoms with Crippen LogP contribution in [0.5, 0.6) is 0 Å². The van der Waals surface area contributed by atoms with Crippen LogP contribution in [0.4, 0.5) is 0 Å². The predicted octanol–water partition coefficient (Wildman–Crippen LogP) is 1.48. The van der Waals surface area contributed by atoms with Crippen molar-refractivity contribution < 1.29 is 9.90 Å². The first-order valence-electron chi connectivity index (χ1n) is 5.75. The number of rotatable bonds is 3. The van der Waals surface area contributed by atoms with Crippen molar-refractivity contribution in [2.75, 3.05) is 13.1 Å². The van der Waals surface area contributed by atoms with E-state index in [-0.39, 0.29) is 5.69 Å². The monoisotopic (exact) mass is 223 g/mol. The van der Waals surface area contributed by atoms with Crippen molar-refractivity contribution >= 4 is 5.97 Å². The van der Waals surface area contributed by atoms with Gasteiger partial charge in [-0.3, -0.25) is 4.90 Å². The van der Waals surface area contributed by atoms with Crippen LogP contribution in [-0.2, 0) is 6.54 Å². The van der Waals surface area contributed by atoms with Gasteiger partial charge in [-0.1, -0.05) is 12.8 Å². The molecule has 1 aromatic heterocycles. The fraction of sp³-hybridized carbons (Fsp3) is 0.636. The molecule has 1 aromatic rings. The molecule has 2 rings (SSSR count). The molecule has 1 saturated heterocycles. The molecular formula is C11H17N3O2. The number of likely N-dealkylation sites (tertiary alicyclic amines) is 1. The van der Waals surface area contributed by atoms with Crippen molar-refractivity contribution in [1.29, 1.82) is 0 Å². The van der Waals surface area contributed by atoms with Crippen molar-refractivity contribution in [3.63, 3.8) is 0 Å². The molecule has 0 radical (unpaired) electrons. The number of aromatic nitrogens is 2. The molecule has 2 heterocycles. The smallest absolute Gasteiger partial charge is 0.353 e. The highest BCUT2D eigenvalue weighted by molar-refractivity contribution is 5.84. The number of aromatic carboxylic acids is 1. The van der Waals surface area contributed by atoms with Crippen LogP contribution in [0.1, 0.15) is 42.0 Å². The van der Waals surface area contributed by atoms with E-state index in [1.54, 1.807) is 0 Å². The predicted molar refractivity (Wildman–Crippen MR) is 59.3 cm³/mol. The van der Waals surface area contributed by atoms with Gasteiger partial charge < -0.3 is 10.1 Å². The molecular weight excluding hydrogens is 206 g/mol. The van der Waals surface area contributed by atoms with Crippen LogP contribution in [0.2, 0.25) is 0 Å². The van der Waals surface area contributed by atoms with Crippen LogP contribution in [-0.4, -0.2) is 39.0 Å². The van der Waals surface area contributed by atoms with Gasteiger partial charge in [-0.05, 0) is 25.9 Å². The Bertz CT molecular complexity index is 354. The summed E-state index contributed by atoms with van der Waals surface area (Å²) in [6.07, 6.45) is 6.44. The maximum absolute atomic E-state index is 10.7. The number of imidazole rings is 1. The minimum Gasteiger partial charge on any atom is -0.477 e. The second-order valence-electron chi connectivity index (χ2n) is 4.24. The van der Waals surface area contributed by atoms with E-state index in [0.29, 0.717) is 0 Å². The van der Waals surface area contributed by atoms with Gasteiger partial charge in [0, 0.05) is 0 Å². The number of aromatic amines is 1. The Hall–Kier alpha value is -1.36. The molecule has 2 N–H and O–H groups in total. The van der Waals surface area contributed by atoms with E-state index >= 15 is 0 Å². The SMILES string of the molecule is O=C(O)c1cnc(CN2CCCCCC2)[nH]1. The number of carboxylic acids is 1. The zero-order chi connectivity index (χ0) is 11.4. The third-order valence-corrected chi connectivity index (χ3v) is 2.93. The highest BCUT2D eigenvalue weighted by Crippen LogP contribution is 2.11. The van der Waals surface area contributed by atoms with Gasteiger partial charge in [-0.25, -0.2) is 9.78 Å². The molecule has 16 heavy (non-hydrogen) atoms. The summed E-state index contributed by atoms with van der Waals surface area (Å²) in [6, 6.07) is 0. The number of hydrogen-bond donors (Lipinski definition) is 2. The lowest BCUT2D eigenvalue weighted by Crippen LogP contribution is -2.24. The molecule has 1 fully saturated rings. The van der Waals surface area contributed by atoms with Gasteiger partial charge in [-0.2, -0.15) is 0 Å². The van der Waals surface area contributed by atoms with E-state index in [1.165, 1.54) is 31.9 Å². The van der Waals surface area contributed by atoms with E-state index in [4.69, 9.17) is 5.11 Å². The van der Waals surface area contributed by atoms with Crippen LogP contribution in [0, 0.1) is 0 Å². The molecule has 0 saturated carbocycles. The molecule has 88 valence electrons. The van der Waals surface area contributed by atoms with Crippen molar-refractivity contribution in [3.05, 3.63) is 17.7 Å². The molecule has 0 aliphatic carbocycles. The Balaban J connectivity index is 1.94. The van der Waals surface area contributed by atoms with Gasteiger partial charge >= 0.3 is 5.97 Å². The largest absolute Gasteiger partial charge is 0.477 e. The third-order valence-electron chi connectivity index (χ3n) is 2.93. The summed E-state index contributed by atoms with van der Waals surface area (Å²) in [6.45, 7) is 2.90. The van der Waals surface area contributed by atoms with E-state index < -0.39 is 5.97 Å². The van der Waals surface area contributed by atoms with E-state index in [2.05, 4.69) is 14.9 Å². The van der Waals surface area contributed by atoms with Gasteiger partial charge in [0.25, 0.3) is 0 Å². The van der Waals surface area contributed by atoms with Gasteiger partial charge in [-0.15, -0.1) is 0 Å². The van der Waals surface area contributed by atoms with Crippen molar-refractivity contribution in [2.24, 2.45) is 0 Å². The normalized spacial score (nSPS) is 18.2. The van der Waals surface area contributed by atoms with Crippen LogP contribution in [0.3, 0.4) is 0 Å². The molecule has 1 aliphatic heterocycles. The lowest BCUT2D eigenvalue weighted by Gasteiger charge is -2.17. The summed E-state index contributed by atoms with van der Waals surface area (Å²) in [5.74, 6) is -0.200.